The molecule has 0 aliphatic carbocycles. The summed E-state index contributed by atoms with van der Waals surface area (Å²) in [5.41, 5.74) is 1.07. The predicted molar refractivity (Wildman–Crippen MR) is 115 cm³/mol. The van der Waals surface area contributed by atoms with Crippen LogP contribution < -0.4 is 4.90 Å². The van der Waals surface area contributed by atoms with E-state index in [2.05, 4.69) is 9.80 Å². The van der Waals surface area contributed by atoms with E-state index in [0.29, 0.717) is 21.4 Å². The molecule has 4 nitrogen and oxygen atoms in total. The highest BCUT2D eigenvalue weighted by Gasteiger charge is 2.19. The molecule has 0 aromatic heterocycles. The molecule has 1 aliphatic heterocycles. The first kappa shape index (κ1) is 22.3. The fourth-order valence-corrected chi connectivity index (χ4v) is 4.74. The lowest BCUT2D eigenvalue weighted by Gasteiger charge is -2.36. The molecule has 1 heterocycles. The van der Waals surface area contributed by atoms with E-state index in [9.17, 15) is 8.42 Å². The quantitative estimate of drug-likeness (QED) is 0.655. The van der Waals surface area contributed by atoms with E-state index in [0.717, 1.165) is 38.4 Å². The van der Waals surface area contributed by atoms with Gasteiger partial charge in [0.05, 0.1) is 20.7 Å². The van der Waals surface area contributed by atoms with E-state index >= 15 is 0 Å². The Bertz CT molecular complexity index is 839. The number of nitrogens with zero attached hydrogens (tertiary/aromatic N) is 2. The Kier molecular flexibility index (Phi) is 8.25. The van der Waals surface area contributed by atoms with Gasteiger partial charge in [0.1, 0.15) is 0 Å². The highest BCUT2D eigenvalue weighted by Crippen LogP contribution is 2.27. The number of hydrogen-bond donors (Lipinski definition) is 0. The van der Waals surface area contributed by atoms with Crippen LogP contribution in [0.2, 0.25) is 10.0 Å². The van der Waals surface area contributed by atoms with Crippen LogP contribution in [-0.2, 0) is 9.84 Å². The van der Waals surface area contributed by atoms with Crippen LogP contribution in [0.3, 0.4) is 0 Å². The number of hydrogen-bond acceptors (Lipinski definition) is 4. The number of sulfone groups is 1. The molecule has 0 bridgehead atoms. The van der Waals surface area contributed by atoms with E-state index in [1.54, 1.807) is 24.3 Å². The molecule has 0 atom stereocenters. The molecule has 2 aromatic carbocycles. The number of halogens is 3. The van der Waals surface area contributed by atoms with Gasteiger partial charge in [-0.2, -0.15) is 0 Å². The lowest BCUT2D eigenvalue weighted by Crippen LogP contribution is -2.46. The van der Waals surface area contributed by atoms with E-state index in [1.165, 1.54) is 0 Å². The first-order valence-corrected chi connectivity index (χ1v) is 11.1. The van der Waals surface area contributed by atoms with Crippen LogP contribution >= 0.6 is 35.6 Å². The Labute approximate surface area is 177 Å². The van der Waals surface area contributed by atoms with Crippen molar-refractivity contribution in [3.63, 3.8) is 0 Å². The second kappa shape index (κ2) is 9.99. The molecule has 3 rings (SSSR count). The third kappa shape index (κ3) is 6.00. The summed E-state index contributed by atoms with van der Waals surface area (Å²) in [6.45, 7) is 4.39. The van der Waals surface area contributed by atoms with Crippen molar-refractivity contribution in [1.29, 1.82) is 0 Å². The summed E-state index contributed by atoms with van der Waals surface area (Å²) in [6.07, 6.45) is 0.643. The second-order valence-electron chi connectivity index (χ2n) is 6.41. The van der Waals surface area contributed by atoms with Gasteiger partial charge in [-0.25, -0.2) is 8.42 Å². The number of benzene rings is 2. The van der Waals surface area contributed by atoms with Crippen molar-refractivity contribution in [3.05, 3.63) is 58.6 Å². The molecule has 0 amide bonds. The van der Waals surface area contributed by atoms with Gasteiger partial charge in [-0.15, -0.1) is 12.4 Å². The normalized spacial score (nSPS) is 15.4. The minimum Gasteiger partial charge on any atom is -0.369 e. The van der Waals surface area contributed by atoms with Gasteiger partial charge in [0, 0.05) is 31.9 Å². The van der Waals surface area contributed by atoms with Crippen molar-refractivity contribution < 1.29 is 8.42 Å². The van der Waals surface area contributed by atoms with Crippen LogP contribution in [0.5, 0.6) is 0 Å². The van der Waals surface area contributed by atoms with Gasteiger partial charge in [-0.1, -0.05) is 41.4 Å². The smallest absolute Gasteiger partial charge is 0.178 e. The average Bonchev–Trinajstić information content (AvgIpc) is 2.65. The molecule has 0 N–H and O–H groups in total. The Balaban J connectivity index is 0.00000261. The van der Waals surface area contributed by atoms with Gasteiger partial charge in [-0.3, -0.25) is 4.90 Å². The molecular weight excluding hydrogens is 427 g/mol. The minimum absolute atomic E-state index is 0. The first-order valence-electron chi connectivity index (χ1n) is 8.66. The zero-order valence-electron chi connectivity index (χ0n) is 14.9. The van der Waals surface area contributed by atoms with Gasteiger partial charge >= 0.3 is 0 Å². The molecule has 1 saturated heterocycles. The lowest BCUT2D eigenvalue weighted by atomic mass is 10.2. The molecule has 1 aliphatic rings. The number of piperazine rings is 1. The molecular formula is C19H23Cl3N2O2S. The average molecular weight is 450 g/mol. The van der Waals surface area contributed by atoms with Gasteiger partial charge in [0.2, 0.25) is 0 Å². The zero-order valence-corrected chi connectivity index (χ0v) is 18.0. The lowest BCUT2D eigenvalue weighted by molar-refractivity contribution is 0.259. The second-order valence-corrected chi connectivity index (χ2v) is 9.34. The molecule has 27 heavy (non-hydrogen) atoms. The van der Waals surface area contributed by atoms with Crippen molar-refractivity contribution in [2.75, 3.05) is 43.4 Å². The van der Waals surface area contributed by atoms with Crippen LogP contribution in [0, 0.1) is 0 Å². The number of anilines is 1. The van der Waals surface area contributed by atoms with Gasteiger partial charge in [0.25, 0.3) is 0 Å². The zero-order chi connectivity index (χ0) is 18.6. The molecule has 0 radical (unpaired) electrons. The van der Waals surface area contributed by atoms with Gasteiger partial charge in [-0.05, 0) is 43.3 Å². The fourth-order valence-electron chi connectivity index (χ4n) is 3.14. The molecule has 148 valence electrons. The standard InChI is InChI=1S/C19H22Cl2N2O2S.ClH/c20-18-8-7-16(15-19(18)21)23-12-10-22(11-13-23)9-4-14-26(24,25)17-5-2-1-3-6-17;/h1-3,5-8,15H,4,9-14H2;1H. The van der Waals surface area contributed by atoms with Crippen molar-refractivity contribution >= 4 is 51.1 Å². The highest BCUT2D eigenvalue weighted by molar-refractivity contribution is 7.91. The molecule has 0 spiro atoms. The summed E-state index contributed by atoms with van der Waals surface area (Å²) in [7, 11) is -3.19. The van der Waals surface area contributed by atoms with Gasteiger partial charge < -0.3 is 4.90 Å². The first-order chi connectivity index (χ1) is 12.5. The van der Waals surface area contributed by atoms with Crippen LogP contribution in [0.25, 0.3) is 0 Å². The SMILES string of the molecule is Cl.O=S(=O)(CCCN1CCN(c2ccc(Cl)c(Cl)c2)CC1)c1ccccc1. The summed E-state index contributed by atoms with van der Waals surface area (Å²) >= 11 is 12.1. The van der Waals surface area contributed by atoms with Gasteiger partial charge in [0.15, 0.2) is 9.84 Å². The third-order valence-corrected chi connectivity index (χ3v) is 7.19. The summed E-state index contributed by atoms with van der Waals surface area (Å²) < 4.78 is 24.6. The molecule has 0 unspecified atom stereocenters. The van der Waals surface area contributed by atoms with Crippen LogP contribution in [0.1, 0.15) is 6.42 Å². The largest absolute Gasteiger partial charge is 0.369 e. The fraction of sp³-hybridized carbons (Fsp3) is 0.368. The van der Waals surface area contributed by atoms with Crippen molar-refractivity contribution in [2.45, 2.75) is 11.3 Å². The maximum absolute atomic E-state index is 12.3. The minimum atomic E-state index is -3.19. The predicted octanol–water partition coefficient (Wildman–Crippen LogP) is 4.40. The van der Waals surface area contributed by atoms with Crippen molar-refractivity contribution in [1.82, 2.24) is 4.90 Å². The topological polar surface area (TPSA) is 40.6 Å². The van der Waals surface area contributed by atoms with E-state index in [-0.39, 0.29) is 18.2 Å². The third-order valence-electron chi connectivity index (χ3n) is 4.63. The van der Waals surface area contributed by atoms with Crippen molar-refractivity contribution in [2.24, 2.45) is 0 Å². The highest BCUT2D eigenvalue weighted by atomic mass is 35.5. The Morgan fingerprint density at radius 2 is 1.56 bits per heavy atom. The van der Waals surface area contributed by atoms with E-state index < -0.39 is 9.84 Å². The van der Waals surface area contributed by atoms with Crippen LogP contribution in [0.15, 0.2) is 53.4 Å². The molecule has 1 fully saturated rings. The maximum atomic E-state index is 12.3. The van der Waals surface area contributed by atoms with E-state index in [4.69, 9.17) is 23.2 Å². The molecule has 2 aromatic rings. The Morgan fingerprint density at radius 1 is 0.889 bits per heavy atom. The summed E-state index contributed by atoms with van der Waals surface area (Å²) in [6, 6.07) is 14.4. The Morgan fingerprint density at radius 3 is 2.19 bits per heavy atom. The maximum Gasteiger partial charge on any atom is 0.178 e. The summed E-state index contributed by atoms with van der Waals surface area (Å²) in [5, 5.41) is 1.13. The molecule has 8 heteroatoms. The van der Waals surface area contributed by atoms with E-state index in [1.807, 2.05) is 24.3 Å². The summed E-state index contributed by atoms with van der Waals surface area (Å²) in [5.74, 6) is 0.185. The molecule has 0 saturated carbocycles. The number of rotatable bonds is 6. The van der Waals surface area contributed by atoms with Crippen LogP contribution in [-0.4, -0.2) is 51.8 Å². The Hall–Kier alpha value is -0.980. The monoisotopic (exact) mass is 448 g/mol. The van der Waals surface area contributed by atoms with Crippen LogP contribution in [0.4, 0.5) is 5.69 Å². The van der Waals surface area contributed by atoms with Crippen molar-refractivity contribution in [3.8, 4) is 0 Å². The summed E-state index contributed by atoms with van der Waals surface area (Å²) in [4.78, 5) is 5.00.